The van der Waals surface area contributed by atoms with Crippen LogP contribution in [0.3, 0.4) is 0 Å². The molecule has 0 spiro atoms. The van der Waals surface area contributed by atoms with Gasteiger partial charge in [-0.15, -0.1) is 0 Å². The Morgan fingerprint density at radius 1 is 1.31 bits per heavy atom. The lowest BCUT2D eigenvalue weighted by molar-refractivity contribution is -0.130. The van der Waals surface area contributed by atoms with Crippen molar-refractivity contribution in [3.8, 4) is 0 Å². The molecule has 4 nitrogen and oxygen atoms in total. The number of nitrogens with zero attached hydrogens (tertiary/aromatic N) is 1. The molecule has 1 aliphatic rings. The van der Waals surface area contributed by atoms with Crippen molar-refractivity contribution in [1.82, 2.24) is 10.2 Å². The van der Waals surface area contributed by atoms with Crippen LogP contribution in [0, 0.1) is 0 Å². The van der Waals surface area contributed by atoms with Crippen LogP contribution in [0.4, 0.5) is 0 Å². The number of rotatable bonds is 6. The Hall–Kier alpha value is -0.610. The summed E-state index contributed by atoms with van der Waals surface area (Å²) in [6.45, 7) is 6.34. The summed E-state index contributed by atoms with van der Waals surface area (Å²) < 4.78 is 0. The number of hydrogen-bond donors (Lipinski definition) is 2. The van der Waals surface area contributed by atoms with Crippen molar-refractivity contribution in [2.75, 3.05) is 26.2 Å². The highest BCUT2D eigenvalue weighted by Gasteiger charge is 2.30. The van der Waals surface area contributed by atoms with E-state index in [0.29, 0.717) is 13.1 Å². The first-order valence-corrected chi connectivity index (χ1v) is 6.32. The normalized spacial score (nSPS) is 18.7. The molecule has 1 amide bonds. The maximum absolute atomic E-state index is 11.7. The van der Waals surface area contributed by atoms with Gasteiger partial charge in [0.1, 0.15) is 0 Å². The zero-order valence-corrected chi connectivity index (χ0v) is 10.5. The number of nitrogens with one attached hydrogen (secondary N) is 1. The average molecular weight is 228 g/mol. The minimum atomic E-state index is -0.566. The number of carbonyl (C=O) groups is 1. The quantitative estimate of drug-likeness (QED) is 0.705. The van der Waals surface area contributed by atoms with E-state index in [-0.39, 0.29) is 5.91 Å². The second kappa shape index (κ2) is 6.21. The van der Waals surface area contributed by atoms with Crippen LogP contribution in [0.5, 0.6) is 0 Å². The monoisotopic (exact) mass is 228 g/mol. The summed E-state index contributed by atoms with van der Waals surface area (Å²) in [7, 11) is 0. The predicted molar refractivity (Wildman–Crippen MR) is 64.2 cm³/mol. The van der Waals surface area contributed by atoms with Crippen LogP contribution in [-0.4, -0.2) is 47.7 Å². The lowest BCUT2D eigenvalue weighted by atomic mass is 10.0. The van der Waals surface area contributed by atoms with Gasteiger partial charge in [0.05, 0.1) is 12.1 Å². The third-order valence-electron chi connectivity index (χ3n) is 3.38. The van der Waals surface area contributed by atoms with Gasteiger partial charge in [0.15, 0.2) is 0 Å². The van der Waals surface area contributed by atoms with E-state index in [1.165, 1.54) is 0 Å². The highest BCUT2D eigenvalue weighted by atomic mass is 16.3. The second-order valence-electron chi connectivity index (χ2n) is 4.60. The average Bonchev–Trinajstić information content (AvgIpc) is 2.67. The maximum Gasteiger partial charge on any atom is 0.236 e. The van der Waals surface area contributed by atoms with Crippen molar-refractivity contribution < 1.29 is 9.90 Å². The molecule has 0 atom stereocenters. The lowest BCUT2D eigenvalue weighted by Gasteiger charge is -2.24. The molecule has 0 aromatic heterocycles. The number of carbonyl (C=O) groups excluding carboxylic acids is 1. The number of amides is 1. The molecule has 1 saturated carbocycles. The summed E-state index contributed by atoms with van der Waals surface area (Å²) in [6, 6.07) is 0. The molecule has 1 aliphatic carbocycles. The van der Waals surface area contributed by atoms with E-state index < -0.39 is 5.60 Å². The van der Waals surface area contributed by atoms with Gasteiger partial charge in [-0.2, -0.15) is 0 Å². The minimum Gasteiger partial charge on any atom is -0.389 e. The largest absolute Gasteiger partial charge is 0.389 e. The molecule has 1 rings (SSSR count). The molecule has 0 aromatic carbocycles. The van der Waals surface area contributed by atoms with Crippen LogP contribution in [0.15, 0.2) is 0 Å². The van der Waals surface area contributed by atoms with Crippen LogP contribution in [0.2, 0.25) is 0 Å². The Kier molecular flexibility index (Phi) is 5.22. The van der Waals surface area contributed by atoms with E-state index in [4.69, 9.17) is 0 Å². The first kappa shape index (κ1) is 13.5. The number of likely N-dealkylation sites (N-methyl/N-ethyl adjacent to an activating group) is 1. The topological polar surface area (TPSA) is 52.6 Å². The fraction of sp³-hybridized carbons (Fsp3) is 0.917. The van der Waals surface area contributed by atoms with E-state index in [9.17, 15) is 9.90 Å². The summed E-state index contributed by atoms with van der Waals surface area (Å²) in [5, 5.41) is 13.1. The molecule has 0 saturated heterocycles. The van der Waals surface area contributed by atoms with Crippen molar-refractivity contribution in [1.29, 1.82) is 0 Å². The van der Waals surface area contributed by atoms with Gasteiger partial charge >= 0.3 is 0 Å². The molecule has 0 radical (unpaired) electrons. The smallest absolute Gasteiger partial charge is 0.236 e. The minimum absolute atomic E-state index is 0.117. The van der Waals surface area contributed by atoms with Crippen molar-refractivity contribution in [2.24, 2.45) is 0 Å². The Labute approximate surface area is 98.0 Å². The van der Waals surface area contributed by atoms with Crippen LogP contribution in [-0.2, 0) is 4.79 Å². The summed E-state index contributed by atoms with van der Waals surface area (Å²) >= 11 is 0. The molecular weight excluding hydrogens is 204 g/mol. The lowest BCUT2D eigenvalue weighted by Crippen LogP contribution is -2.43. The predicted octanol–water partition coefficient (Wildman–Crippen LogP) is 0.749. The number of aliphatic hydroxyl groups is 1. The number of hydrogen-bond acceptors (Lipinski definition) is 3. The van der Waals surface area contributed by atoms with Gasteiger partial charge in [-0.05, 0) is 26.7 Å². The van der Waals surface area contributed by atoms with Crippen molar-refractivity contribution in [2.45, 2.75) is 45.1 Å². The van der Waals surface area contributed by atoms with Crippen LogP contribution >= 0.6 is 0 Å². The van der Waals surface area contributed by atoms with E-state index >= 15 is 0 Å². The molecular formula is C12H24N2O2. The van der Waals surface area contributed by atoms with Gasteiger partial charge in [-0.1, -0.05) is 12.8 Å². The van der Waals surface area contributed by atoms with Crippen molar-refractivity contribution in [3.63, 3.8) is 0 Å². The SMILES string of the molecule is CCN(CC)C(=O)CNCC1(O)CCCC1. The van der Waals surface area contributed by atoms with E-state index in [1.807, 2.05) is 13.8 Å². The van der Waals surface area contributed by atoms with Crippen molar-refractivity contribution >= 4 is 5.91 Å². The molecule has 0 heterocycles. The van der Waals surface area contributed by atoms with Crippen LogP contribution < -0.4 is 5.32 Å². The van der Waals surface area contributed by atoms with E-state index in [0.717, 1.165) is 38.8 Å². The Balaban J connectivity index is 2.21. The summed E-state index contributed by atoms with van der Waals surface area (Å²) in [5.74, 6) is 0.117. The highest BCUT2D eigenvalue weighted by molar-refractivity contribution is 5.78. The van der Waals surface area contributed by atoms with Gasteiger partial charge in [0.25, 0.3) is 0 Å². The molecule has 2 N–H and O–H groups in total. The Bertz CT molecular complexity index is 221. The first-order valence-electron chi connectivity index (χ1n) is 6.32. The van der Waals surface area contributed by atoms with E-state index in [1.54, 1.807) is 4.90 Å². The van der Waals surface area contributed by atoms with Crippen molar-refractivity contribution in [3.05, 3.63) is 0 Å². The molecule has 94 valence electrons. The third kappa shape index (κ3) is 3.76. The molecule has 0 aliphatic heterocycles. The van der Waals surface area contributed by atoms with Gasteiger partial charge in [0.2, 0.25) is 5.91 Å². The van der Waals surface area contributed by atoms with Gasteiger partial charge in [-0.25, -0.2) is 0 Å². The second-order valence-corrected chi connectivity index (χ2v) is 4.60. The zero-order chi connectivity index (χ0) is 12.0. The third-order valence-corrected chi connectivity index (χ3v) is 3.38. The molecule has 4 heteroatoms. The Morgan fingerprint density at radius 3 is 2.38 bits per heavy atom. The first-order chi connectivity index (χ1) is 7.61. The van der Waals surface area contributed by atoms with Crippen LogP contribution in [0.1, 0.15) is 39.5 Å². The maximum atomic E-state index is 11.7. The van der Waals surface area contributed by atoms with Crippen LogP contribution in [0.25, 0.3) is 0 Å². The molecule has 0 bridgehead atoms. The molecule has 16 heavy (non-hydrogen) atoms. The standard InChI is InChI=1S/C12H24N2O2/c1-3-14(4-2)11(15)9-13-10-12(16)7-5-6-8-12/h13,16H,3-10H2,1-2H3. The molecule has 0 unspecified atom stereocenters. The zero-order valence-electron chi connectivity index (χ0n) is 10.5. The van der Waals surface area contributed by atoms with Gasteiger partial charge < -0.3 is 15.3 Å². The fourth-order valence-corrected chi connectivity index (χ4v) is 2.30. The molecule has 0 aromatic rings. The summed E-state index contributed by atoms with van der Waals surface area (Å²) in [4.78, 5) is 13.5. The summed E-state index contributed by atoms with van der Waals surface area (Å²) in [6.07, 6.45) is 3.92. The van der Waals surface area contributed by atoms with Gasteiger partial charge in [-0.3, -0.25) is 4.79 Å². The Morgan fingerprint density at radius 2 is 1.88 bits per heavy atom. The summed E-state index contributed by atoms with van der Waals surface area (Å²) in [5.41, 5.74) is -0.566. The van der Waals surface area contributed by atoms with Gasteiger partial charge in [0, 0.05) is 19.6 Å². The fourth-order valence-electron chi connectivity index (χ4n) is 2.30. The highest BCUT2D eigenvalue weighted by Crippen LogP contribution is 2.28. The van der Waals surface area contributed by atoms with E-state index in [2.05, 4.69) is 5.32 Å². The molecule has 1 fully saturated rings.